The van der Waals surface area contributed by atoms with E-state index in [1.165, 1.54) is 6.42 Å². The summed E-state index contributed by atoms with van der Waals surface area (Å²) in [5.41, 5.74) is 5.64. The van der Waals surface area contributed by atoms with Gasteiger partial charge in [0.2, 0.25) is 0 Å². The van der Waals surface area contributed by atoms with Crippen molar-refractivity contribution in [2.75, 3.05) is 19.7 Å². The molecular formula is C11H22N2OS. The van der Waals surface area contributed by atoms with Crippen molar-refractivity contribution in [2.24, 2.45) is 5.73 Å². The summed E-state index contributed by atoms with van der Waals surface area (Å²) in [6.07, 6.45) is 2.29. The van der Waals surface area contributed by atoms with E-state index in [9.17, 15) is 0 Å². The maximum atomic E-state index is 5.69. The summed E-state index contributed by atoms with van der Waals surface area (Å²) in [4.78, 5) is 2.96. The van der Waals surface area contributed by atoms with Crippen molar-refractivity contribution >= 4 is 17.2 Å². The fraction of sp³-hybridized carbons (Fsp3) is 0.909. The highest BCUT2D eigenvalue weighted by Gasteiger charge is 2.26. The lowest BCUT2D eigenvalue weighted by Crippen LogP contribution is -2.41. The first-order chi connectivity index (χ1) is 6.90. The molecule has 0 bridgehead atoms. The van der Waals surface area contributed by atoms with Gasteiger partial charge in [-0.15, -0.1) is 0 Å². The van der Waals surface area contributed by atoms with E-state index in [0.29, 0.717) is 11.0 Å². The Morgan fingerprint density at radius 2 is 2.20 bits per heavy atom. The van der Waals surface area contributed by atoms with E-state index in [0.717, 1.165) is 26.1 Å². The Hall–Kier alpha value is -0.190. The van der Waals surface area contributed by atoms with Crippen LogP contribution in [-0.2, 0) is 4.74 Å². The molecule has 1 aliphatic heterocycles. The van der Waals surface area contributed by atoms with Crippen LogP contribution in [0, 0.1) is 0 Å². The Kier molecular flexibility index (Phi) is 4.49. The molecule has 0 aromatic heterocycles. The number of nitrogens with zero attached hydrogens (tertiary/aromatic N) is 1. The van der Waals surface area contributed by atoms with E-state index < -0.39 is 0 Å². The summed E-state index contributed by atoms with van der Waals surface area (Å²) in [7, 11) is 0. The van der Waals surface area contributed by atoms with E-state index in [1.54, 1.807) is 0 Å². The highest BCUT2D eigenvalue weighted by Crippen LogP contribution is 2.17. The summed E-state index contributed by atoms with van der Waals surface area (Å²) >= 11 is 5.05. The molecule has 0 saturated carbocycles. The first-order valence-corrected chi connectivity index (χ1v) is 5.98. The van der Waals surface area contributed by atoms with Crippen LogP contribution < -0.4 is 5.73 Å². The maximum Gasteiger partial charge on any atom is 0.0902 e. The quantitative estimate of drug-likeness (QED) is 0.744. The minimum atomic E-state index is -0.0571. The average Bonchev–Trinajstić information content (AvgIpc) is 2.49. The molecular weight excluding hydrogens is 208 g/mol. The van der Waals surface area contributed by atoms with Gasteiger partial charge in [-0.3, -0.25) is 4.90 Å². The molecule has 0 aliphatic carbocycles. The Balaban J connectivity index is 2.29. The Morgan fingerprint density at radius 1 is 1.53 bits per heavy atom. The SMILES string of the molecule is CC(C)(C)OCCN1CCCC1C(N)=S. The van der Waals surface area contributed by atoms with Crippen molar-refractivity contribution in [3.05, 3.63) is 0 Å². The molecule has 0 aromatic rings. The first kappa shape index (κ1) is 12.9. The number of ether oxygens (including phenoxy) is 1. The van der Waals surface area contributed by atoms with E-state index >= 15 is 0 Å². The lowest BCUT2D eigenvalue weighted by Gasteiger charge is -2.26. The van der Waals surface area contributed by atoms with Gasteiger partial charge in [0.15, 0.2) is 0 Å². The van der Waals surface area contributed by atoms with Crippen LogP contribution in [0.15, 0.2) is 0 Å². The van der Waals surface area contributed by atoms with Gasteiger partial charge in [-0.2, -0.15) is 0 Å². The zero-order valence-corrected chi connectivity index (χ0v) is 10.8. The molecule has 1 unspecified atom stereocenters. The molecule has 1 atom stereocenters. The van der Waals surface area contributed by atoms with Gasteiger partial charge in [0, 0.05) is 6.54 Å². The second-order valence-corrected chi connectivity index (χ2v) is 5.53. The van der Waals surface area contributed by atoms with Gasteiger partial charge >= 0.3 is 0 Å². The van der Waals surface area contributed by atoms with Crippen LogP contribution in [0.2, 0.25) is 0 Å². The lowest BCUT2D eigenvalue weighted by atomic mass is 10.2. The molecule has 0 amide bonds. The minimum absolute atomic E-state index is 0.0571. The van der Waals surface area contributed by atoms with Crippen molar-refractivity contribution in [1.29, 1.82) is 0 Å². The third kappa shape index (κ3) is 4.45. The second-order valence-electron chi connectivity index (χ2n) is 5.06. The summed E-state index contributed by atoms with van der Waals surface area (Å²) in [5, 5.41) is 0. The Labute approximate surface area is 98.0 Å². The number of likely N-dealkylation sites (tertiary alicyclic amines) is 1. The molecule has 1 heterocycles. The topological polar surface area (TPSA) is 38.5 Å². The zero-order chi connectivity index (χ0) is 11.5. The summed E-state index contributed by atoms with van der Waals surface area (Å²) in [5.74, 6) is 0. The van der Waals surface area contributed by atoms with Crippen molar-refractivity contribution in [1.82, 2.24) is 4.90 Å². The third-order valence-corrected chi connectivity index (χ3v) is 2.88. The van der Waals surface area contributed by atoms with Crippen LogP contribution in [0.3, 0.4) is 0 Å². The molecule has 88 valence electrons. The number of nitrogens with two attached hydrogens (primary N) is 1. The van der Waals surface area contributed by atoms with Crippen LogP contribution in [0.4, 0.5) is 0 Å². The number of rotatable bonds is 4. The van der Waals surface area contributed by atoms with Crippen molar-refractivity contribution < 1.29 is 4.74 Å². The molecule has 1 fully saturated rings. The fourth-order valence-electron chi connectivity index (χ4n) is 1.89. The average molecular weight is 230 g/mol. The fourth-order valence-corrected chi connectivity index (χ4v) is 2.15. The molecule has 0 radical (unpaired) electrons. The predicted octanol–water partition coefficient (Wildman–Crippen LogP) is 1.55. The van der Waals surface area contributed by atoms with Crippen LogP contribution in [-0.4, -0.2) is 41.2 Å². The van der Waals surface area contributed by atoms with Crippen LogP contribution in [0.5, 0.6) is 0 Å². The zero-order valence-electron chi connectivity index (χ0n) is 9.95. The molecule has 0 spiro atoms. The van der Waals surface area contributed by atoms with Gasteiger partial charge in [-0.25, -0.2) is 0 Å². The van der Waals surface area contributed by atoms with Gasteiger partial charge in [-0.1, -0.05) is 12.2 Å². The monoisotopic (exact) mass is 230 g/mol. The van der Waals surface area contributed by atoms with Crippen molar-refractivity contribution in [3.63, 3.8) is 0 Å². The van der Waals surface area contributed by atoms with E-state index in [2.05, 4.69) is 25.7 Å². The molecule has 1 rings (SSSR count). The molecule has 15 heavy (non-hydrogen) atoms. The summed E-state index contributed by atoms with van der Waals surface area (Å²) in [6, 6.07) is 0.295. The van der Waals surface area contributed by atoms with Gasteiger partial charge in [0.05, 0.1) is 23.2 Å². The maximum absolute atomic E-state index is 5.69. The molecule has 1 saturated heterocycles. The largest absolute Gasteiger partial charge is 0.392 e. The highest BCUT2D eigenvalue weighted by atomic mass is 32.1. The number of hydrogen-bond donors (Lipinski definition) is 1. The second kappa shape index (κ2) is 5.23. The standard InChI is InChI=1S/C11H22N2OS/c1-11(2,3)14-8-7-13-6-4-5-9(13)10(12)15/h9H,4-8H2,1-3H3,(H2,12,15). The van der Waals surface area contributed by atoms with E-state index in [-0.39, 0.29) is 5.60 Å². The lowest BCUT2D eigenvalue weighted by molar-refractivity contribution is -0.0123. The summed E-state index contributed by atoms with van der Waals surface area (Å²) < 4.78 is 5.69. The molecule has 2 N–H and O–H groups in total. The smallest absolute Gasteiger partial charge is 0.0902 e. The third-order valence-electron chi connectivity index (χ3n) is 2.61. The van der Waals surface area contributed by atoms with Crippen LogP contribution in [0.1, 0.15) is 33.6 Å². The van der Waals surface area contributed by atoms with Crippen molar-refractivity contribution in [2.45, 2.75) is 45.3 Å². The normalized spacial score (nSPS) is 23.3. The predicted molar refractivity (Wildman–Crippen MR) is 67.1 cm³/mol. The highest BCUT2D eigenvalue weighted by molar-refractivity contribution is 7.80. The molecule has 4 heteroatoms. The Bertz CT molecular complexity index is 225. The molecule has 3 nitrogen and oxygen atoms in total. The van der Waals surface area contributed by atoms with E-state index in [4.69, 9.17) is 22.7 Å². The van der Waals surface area contributed by atoms with Crippen LogP contribution in [0.25, 0.3) is 0 Å². The van der Waals surface area contributed by atoms with E-state index in [1.807, 2.05) is 0 Å². The molecule has 1 aliphatic rings. The number of hydrogen-bond acceptors (Lipinski definition) is 3. The van der Waals surface area contributed by atoms with Gasteiger partial charge in [0.1, 0.15) is 0 Å². The van der Waals surface area contributed by atoms with Gasteiger partial charge < -0.3 is 10.5 Å². The minimum Gasteiger partial charge on any atom is -0.392 e. The number of thiocarbonyl (C=S) groups is 1. The van der Waals surface area contributed by atoms with Gasteiger partial charge in [0.25, 0.3) is 0 Å². The van der Waals surface area contributed by atoms with Gasteiger partial charge in [-0.05, 0) is 40.2 Å². The Morgan fingerprint density at radius 3 is 2.73 bits per heavy atom. The van der Waals surface area contributed by atoms with Crippen molar-refractivity contribution in [3.8, 4) is 0 Å². The van der Waals surface area contributed by atoms with Crippen LogP contribution >= 0.6 is 12.2 Å². The molecule has 0 aromatic carbocycles. The summed E-state index contributed by atoms with van der Waals surface area (Å²) in [6.45, 7) is 8.99. The first-order valence-electron chi connectivity index (χ1n) is 5.57.